The van der Waals surface area contributed by atoms with Gasteiger partial charge in [-0.25, -0.2) is 0 Å². The van der Waals surface area contributed by atoms with Crippen LogP contribution in [0.4, 0.5) is 0 Å². The third-order valence-corrected chi connectivity index (χ3v) is 5.10. The fourth-order valence-corrected chi connectivity index (χ4v) is 3.64. The Hall–Kier alpha value is -2.21. The maximum Gasteiger partial charge on any atom is 0.262 e. The van der Waals surface area contributed by atoms with E-state index in [1.807, 2.05) is 6.92 Å². The van der Waals surface area contributed by atoms with Gasteiger partial charge in [0.05, 0.1) is 11.1 Å². The quantitative estimate of drug-likeness (QED) is 0.624. The van der Waals surface area contributed by atoms with Crippen LogP contribution < -0.4 is 5.32 Å². The zero-order valence-corrected chi connectivity index (χ0v) is 15.4. The van der Waals surface area contributed by atoms with Crippen molar-refractivity contribution >= 4 is 17.7 Å². The van der Waals surface area contributed by atoms with Crippen molar-refractivity contribution in [3.8, 4) is 0 Å². The summed E-state index contributed by atoms with van der Waals surface area (Å²) in [5.74, 6) is -1.05. The van der Waals surface area contributed by atoms with Crippen LogP contribution in [0.3, 0.4) is 0 Å². The molecule has 6 heteroatoms. The van der Waals surface area contributed by atoms with E-state index in [4.69, 9.17) is 0 Å². The lowest BCUT2D eigenvalue weighted by Crippen LogP contribution is -2.41. The Labute approximate surface area is 154 Å². The molecule has 2 aliphatic heterocycles. The van der Waals surface area contributed by atoms with Gasteiger partial charge in [0.15, 0.2) is 0 Å². The van der Waals surface area contributed by atoms with E-state index in [1.54, 1.807) is 18.2 Å². The first kappa shape index (κ1) is 18.6. The minimum atomic E-state index is -0.385. The second kappa shape index (κ2) is 8.45. The zero-order chi connectivity index (χ0) is 18.5. The molecule has 0 spiro atoms. The van der Waals surface area contributed by atoms with Crippen LogP contribution in [0, 0.1) is 6.92 Å². The first-order valence-corrected chi connectivity index (χ1v) is 9.52. The van der Waals surface area contributed by atoms with Crippen molar-refractivity contribution in [3.05, 3.63) is 34.9 Å². The molecular weight excluding hydrogens is 330 g/mol. The third kappa shape index (κ3) is 4.30. The molecule has 1 N–H and O–H groups in total. The number of nitrogens with zero attached hydrogens (tertiary/aromatic N) is 2. The van der Waals surface area contributed by atoms with Crippen LogP contribution in [0.5, 0.6) is 0 Å². The Kier molecular flexibility index (Phi) is 6.04. The van der Waals surface area contributed by atoms with Crippen molar-refractivity contribution in [3.63, 3.8) is 0 Å². The van der Waals surface area contributed by atoms with E-state index in [-0.39, 0.29) is 24.3 Å². The Morgan fingerprint density at radius 2 is 1.73 bits per heavy atom. The Morgan fingerprint density at radius 1 is 1.04 bits per heavy atom. The third-order valence-electron chi connectivity index (χ3n) is 5.10. The van der Waals surface area contributed by atoms with Gasteiger partial charge < -0.3 is 10.2 Å². The minimum Gasteiger partial charge on any atom is -0.354 e. The van der Waals surface area contributed by atoms with Gasteiger partial charge in [-0.3, -0.25) is 19.3 Å². The molecule has 0 bridgehead atoms. The van der Waals surface area contributed by atoms with Crippen molar-refractivity contribution in [1.29, 1.82) is 0 Å². The van der Waals surface area contributed by atoms with E-state index in [9.17, 15) is 14.4 Å². The molecule has 26 heavy (non-hydrogen) atoms. The molecule has 0 unspecified atom stereocenters. The summed E-state index contributed by atoms with van der Waals surface area (Å²) in [5, 5.41) is 2.83. The summed E-state index contributed by atoms with van der Waals surface area (Å²) < 4.78 is 0. The van der Waals surface area contributed by atoms with Crippen molar-refractivity contribution in [2.24, 2.45) is 0 Å². The van der Waals surface area contributed by atoms with Crippen molar-refractivity contribution in [2.45, 2.75) is 39.0 Å². The monoisotopic (exact) mass is 357 g/mol. The molecule has 0 aromatic heterocycles. The number of likely N-dealkylation sites (tertiary alicyclic amines) is 1. The fraction of sp³-hybridized carbons (Fsp3) is 0.550. The lowest BCUT2D eigenvalue weighted by Gasteiger charge is -2.19. The second-order valence-corrected chi connectivity index (χ2v) is 7.20. The maximum atomic E-state index is 12.4. The molecule has 1 aromatic carbocycles. The number of benzene rings is 1. The summed E-state index contributed by atoms with van der Waals surface area (Å²) in [5.41, 5.74) is 1.70. The topological polar surface area (TPSA) is 69.7 Å². The van der Waals surface area contributed by atoms with E-state index in [0.29, 0.717) is 17.7 Å². The summed E-state index contributed by atoms with van der Waals surface area (Å²) in [4.78, 5) is 40.4. The van der Waals surface area contributed by atoms with Crippen molar-refractivity contribution in [2.75, 3.05) is 32.7 Å². The molecule has 0 saturated carbocycles. The molecule has 1 aromatic rings. The highest BCUT2D eigenvalue weighted by Gasteiger charge is 2.36. The predicted molar refractivity (Wildman–Crippen MR) is 99.1 cm³/mol. The number of imide groups is 1. The number of amides is 3. The van der Waals surface area contributed by atoms with Crippen LogP contribution in [0.1, 0.15) is 58.4 Å². The Bertz CT molecular complexity index is 694. The lowest BCUT2D eigenvalue weighted by atomic mass is 10.1. The summed E-state index contributed by atoms with van der Waals surface area (Å²) in [6.07, 6.45) is 6.02. The Morgan fingerprint density at radius 3 is 2.46 bits per heavy atom. The van der Waals surface area contributed by atoms with Gasteiger partial charge in [-0.2, -0.15) is 0 Å². The molecule has 6 nitrogen and oxygen atoms in total. The number of hydrogen-bond donors (Lipinski definition) is 1. The highest BCUT2D eigenvalue weighted by atomic mass is 16.2. The average Bonchev–Trinajstić information content (AvgIpc) is 2.81. The number of carbonyl (C=O) groups is 3. The molecular formula is C20H27N3O3. The van der Waals surface area contributed by atoms with Gasteiger partial charge in [-0.15, -0.1) is 0 Å². The molecule has 1 fully saturated rings. The largest absolute Gasteiger partial charge is 0.354 e. The van der Waals surface area contributed by atoms with Gasteiger partial charge in [-0.05, 0) is 58.0 Å². The smallest absolute Gasteiger partial charge is 0.262 e. The van der Waals surface area contributed by atoms with Gasteiger partial charge in [-0.1, -0.05) is 24.5 Å². The molecule has 2 heterocycles. The summed E-state index contributed by atoms with van der Waals surface area (Å²) in [6, 6.07) is 5.16. The lowest BCUT2D eigenvalue weighted by molar-refractivity contribution is -0.121. The van der Waals surface area contributed by atoms with E-state index < -0.39 is 0 Å². The van der Waals surface area contributed by atoms with Gasteiger partial charge >= 0.3 is 0 Å². The van der Waals surface area contributed by atoms with Crippen molar-refractivity contribution in [1.82, 2.24) is 15.1 Å². The van der Waals surface area contributed by atoms with E-state index in [2.05, 4.69) is 10.2 Å². The molecule has 0 radical (unpaired) electrons. The number of aryl methyl sites for hydroxylation is 1. The maximum absolute atomic E-state index is 12.4. The van der Waals surface area contributed by atoms with Crippen LogP contribution in [0.15, 0.2) is 18.2 Å². The predicted octanol–water partition coefficient (Wildman–Crippen LogP) is 1.97. The first-order valence-electron chi connectivity index (χ1n) is 9.52. The molecule has 1 saturated heterocycles. The summed E-state index contributed by atoms with van der Waals surface area (Å²) in [7, 11) is 0. The molecule has 0 aliphatic carbocycles. The Balaban J connectivity index is 1.44. The van der Waals surface area contributed by atoms with Crippen LogP contribution >= 0.6 is 0 Å². The normalized spacial score (nSPS) is 18.0. The second-order valence-electron chi connectivity index (χ2n) is 7.20. The van der Waals surface area contributed by atoms with Crippen LogP contribution in [-0.2, 0) is 4.79 Å². The fourth-order valence-electron chi connectivity index (χ4n) is 3.64. The first-order chi connectivity index (χ1) is 12.6. The SMILES string of the molecule is Cc1ccc2c(c1)C(=O)N(CC(=O)NCCCN1CCCCCC1)C2=O. The summed E-state index contributed by atoms with van der Waals surface area (Å²) >= 11 is 0. The van der Waals surface area contributed by atoms with Crippen LogP contribution in [-0.4, -0.2) is 60.2 Å². The standard InChI is InChI=1S/C20H27N3O3/c1-15-7-8-16-17(13-15)20(26)23(19(16)25)14-18(24)21-9-6-12-22-10-4-2-3-5-11-22/h7-8,13H,2-6,9-12,14H2,1H3,(H,21,24). The molecule has 0 atom stereocenters. The minimum absolute atomic E-state index is 0.213. The van der Waals surface area contributed by atoms with Gasteiger partial charge in [0.1, 0.15) is 6.54 Å². The van der Waals surface area contributed by atoms with E-state index in [0.717, 1.165) is 36.5 Å². The molecule has 3 rings (SSSR count). The number of nitrogens with one attached hydrogen (secondary N) is 1. The molecule has 3 amide bonds. The highest BCUT2D eigenvalue weighted by molar-refractivity contribution is 6.22. The van der Waals surface area contributed by atoms with Crippen LogP contribution in [0.2, 0.25) is 0 Å². The van der Waals surface area contributed by atoms with E-state index >= 15 is 0 Å². The van der Waals surface area contributed by atoms with Gasteiger partial charge in [0.25, 0.3) is 11.8 Å². The highest BCUT2D eigenvalue weighted by Crippen LogP contribution is 2.23. The van der Waals surface area contributed by atoms with Gasteiger partial charge in [0, 0.05) is 6.54 Å². The number of carbonyl (C=O) groups excluding carboxylic acids is 3. The summed E-state index contributed by atoms with van der Waals surface area (Å²) in [6.45, 7) is 5.49. The molecule has 2 aliphatic rings. The molecule has 140 valence electrons. The van der Waals surface area contributed by atoms with E-state index in [1.165, 1.54) is 25.7 Å². The zero-order valence-electron chi connectivity index (χ0n) is 15.4. The average molecular weight is 357 g/mol. The number of rotatable bonds is 6. The van der Waals surface area contributed by atoms with Gasteiger partial charge in [0.2, 0.25) is 5.91 Å². The van der Waals surface area contributed by atoms with Crippen LogP contribution in [0.25, 0.3) is 0 Å². The van der Waals surface area contributed by atoms with Crippen molar-refractivity contribution < 1.29 is 14.4 Å². The number of fused-ring (bicyclic) bond motifs is 1. The number of hydrogen-bond acceptors (Lipinski definition) is 4.